The molecule has 25 heavy (non-hydrogen) atoms. The molecule has 0 saturated carbocycles. The number of carbonyl (C=O) groups is 1. The van der Waals surface area contributed by atoms with Gasteiger partial charge in [0.1, 0.15) is 11.4 Å². The number of ether oxygens (including phenoxy) is 1. The fourth-order valence-electron chi connectivity index (χ4n) is 3.36. The second-order valence-corrected chi connectivity index (χ2v) is 6.77. The molecule has 3 rings (SSSR count). The van der Waals surface area contributed by atoms with Crippen molar-refractivity contribution >= 4 is 5.91 Å². The molecule has 1 fully saturated rings. The summed E-state index contributed by atoms with van der Waals surface area (Å²) in [6, 6.07) is 4.17. The number of aryl methyl sites for hydroxylation is 1. The zero-order valence-corrected chi connectivity index (χ0v) is 15.2. The summed E-state index contributed by atoms with van der Waals surface area (Å²) in [6.45, 7) is 8.37. The minimum absolute atomic E-state index is 0.0873. The van der Waals surface area contributed by atoms with Crippen LogP contribution in [-0.2, 0) is 11.8 Å². The lowest BCUT2D eigenvalue weighted by Gasteiger charge is -2.36. The van der Waals surface area contributed by atoms with Crippen molar-refractivity contribution in [3.63, 3.8) is 0 Å². The second kappa shape index (κ2) is 7.84. The second-order valence-electron chi connectivity index (χ2n) is 6.77. The van der Waals surface area contributed by atoms with Gasteiger partial charge in [0, 0.05) is 45.1 Å². The average Bonchev–Trinajstić information content (AvgIpc) is 3.24. The van der Waals surface area contributed by atoms with E-state index in [0.29, 0.717) is 24.1 Å². The molecule has 2 aromatic heterocycles. The van der Waals surface area contributed by atoms with Crippen molar-refractivity contribution in [2.45, 2.75) is 19.9 Å². The molecule has 2 aromatic rings. The lowest BCUT2D eigenvalue weighted by Crippen LogP contribution is -2.51. The Labute approximate surface area is 148 Å². The summed E-state index contributed by atoms with van der Waals surface area (Å²) in [5.41, 5.74) is 0.586. The molecule has 1 N–H and O–H groups in total. The Balaban J connectivity index is 1.70. The van der Waals surface area contributed by atoms with Crippen molar-refractivity contribution < 1.29 is 9.53 Å². The highest BCUT2D eigenvalue weighted by molar-refractivity contribution is 5.97. The standard InChI is InChI=1S/C18H27N5O2/c1-14(2)16(22-8-10-25-11-9-22)13-19-17(24)15-12-20-21(3)18(15)23-6-4-5-7-23/h4-7,12,14,16H,8-11,13H2,1-3H3,(H,19,24)/t16-/m0/s1. The summed E-state index contributed by atoms with van der Waals surface area (Å²) in [5, 5.41) is 7.36. The molecule has 1 atom stereocenters. The molecule has 0 unspecified atom stereocenters. The third kappa shape index (κ3) is 3.93. The van der Waals surface area contributed by atoms with Crippen LogP contribution in [0.1, 0.15) is 24.2 Å². The third-order valence-corrected chi connectivity index (χ3v) is 4.76. The van der Waals surface area contributed by atoms with Crippen LogP contribution in [0.25, 0.3) is 5.82 Å². The molecular weight excluding hydrogens is 318 g/mol. The van der Waals surface area contributed by atoms with E-state index in [-0.39, 0.29) is 5.91 Å². The van der Waals surface area contributed by atoms with E-state index in [0.717, 1.165) is 32.1 Å². The first-order valence-corrected chi connectivity index (χ1v) is 8.83. The molecule has 0 radical (unpaired) electrons. The maximum Gasteiger partial charge on any atom is 0.256 e. The zero-order valence-electron chi connectivity index (χ0n) is 15.2. The van der Waals surface area contributed by atoms with Gasteiger partial charge in [-0.2, -0.15) is 5.10 Å². The van der Waals surface area contributed by atoms with E-state index in [1.54, 1.807) is 10.9 Å². The summed E-state index contributed by atoms with van der Waals surface area (Å²) in [4.78, 5) is 15.2. The van der Waals surface area contributed by atoms with Gasteiger partial charge in [0.05, 0.1) is 19.4 Å². The number of aromatic nitrogens is 3. The van der Waals surface area contributed by atoms with Crippen molar-refractivity contribution in [1.82, 2.24) is 24.6 Å². The number of morpholine rings is 1. The van der Waals surface area contributed by atoms with Crippen molar-refractivity contribution in [2.24, 2.45) is 13.0 Å². The first kappa shape index (κ1) is 17.7. The van der Waals surface area contributed by atoms with E-state index in [4.69, 9.17) is 4.74 Å². The van der Waals surface area contributed by atoms with Gasteiger partial charge in [0.2, 0.25) is 0 Å². The van der Waals surface area contributed by atoms with Crippen LogP contribution in [0.5, 0.6) is 0 Å². The van der Waals surface area contributed by atoms with Crippen LogP contribution in [0.4, 0.5) is 0 Å². The van der Waals surface area contributed by atoms with Crippen LogP contribution in [0, 0.1) is 5.92 Å². The summed E-state index contributed by atoms with van der Waals surface area (Å²) < 4.78 is 9.07. The molecule has 136 valence electrons. The van der Waals surface area contributed by atoms with E-state index < -0.39 is 0 Å². The molecule has 1 saturated heterocycles. The fourth-order valence-corrected chi connectivity index (χ4v) is 3.36. The van der Waals surface area contributed by atoms with Gasteiger partial charge in [-0.3, -0.25) is 14.4 Å². The molecule has 0 bridgehead atoms. The van der Waals surface area contributed by atoms with Crippen LogP contribution in [-0.4, -0.2) is 64.0 Å². The molecule has 0 aromatic carbocycles. The summed E-state index contributed by atoms with van der Waals surface area (Å²) in [7, 11) is 1.84. The summed E-state index contributed by atoms with van der Waals surface area (Å²) >= 11 is 0. The highest BCUT2D eigenvalue weighted by atomic mass is 16.5. The van der Waals surface area contributed by atoms with E-state index in [9.17, 15) is 4.79 Å². The van der Waals surface area contributed by atoms with Crippen LogP contribution < -0.4 is 5.32 Å². The monoisotopic (exact) mass is 345 g/mol. The van der Waals surface area contributed by atoms with Crippen LogP contribution >= 0.6 is 0 Å². The lowest BCUT2D eigenvalue weighted by atomic mass is 10.0. The molecule has 1 amide bonds. The summed E-state index contributed by atoms with van der Waals surface area (Å²) in [6.07, 6.45) is 5.46. The number of carbonyl (C=O) groups excluding carboxylic acids is 1. The van der Waals surface area contributed by atoms with Gasteiger partial charge in [-0.1, -0.05) is 13.8 Å². The summed E-state index contributed by atoms with van der Waals surface area (Å²) in [5.74, 6) is 1.14. The van der Waals surface area contributed by atoms with Crippen molar-refractivity contribution in [2.75, 3.05) is 32.8 Å². The normalized spacial score (nSPS) is 17.0. The van der Waals surface area contributed by atoms with Gasteiger partial charge in [-0.15, -0.1) is 0 Å². The van der Waals surface area contributed by atoms with Crippen LogP contribution in [0.15, 0.2) is 30.7 Å². The number of rotatable bonds is 6. The van der Waals surface area contributed by atoms with Gasteiger partial charge in [0.15, 0.2) is 0 Å². The number of nitrogens with one attached hydrogen (secondary N) is 1. The Morgan fingerprint density at radius 3 is 2.60 bits per heavy atom. The van der Waals surface area contributed by atoms with Crippen LogP contribution in [0.2, 0.25) is 0 Å². The highest BCUT2D eigenvalue weighted by Gasteiger charge is 2.25. The van der Waals surface area contributed by atoms with E-state index in [2.05, 4.69) is 29.2 Å². The minimum atomic E-state index is -0.0873. The van der Waals surface area contributed by atoms with Gasteiger partial charge in [0.25, 0.3) is 5.91 Å². The van der Waals surface area contributed by atoms with Gasteiger partial charge < -0.3 is 14.6 Å². The third-order valence-electron chi connectivity index (χ3n) is 4.76. The minimum Gasteiger partial charge on any atom is -0.379 e. The van der Waals surface area contributed by atoms with E-state index in [1.807, 2.05) is 36.1 Å². The number of hydrogen-bond acceptors (Lipinski definition) is 4. The largest absolute Gasteiger partial charge is 0.379 e. The van der Waals surface area contributed by atoms with Crippen molar-refractivity contribution in [3.8, 4) is 5.82 Å². The molecular formula is C18H27N5O2. The topological polar surface area (TPSA) is 64.3 Å². The Bertz CT molecular complexity index is 686. The van der Waals surface area contributed by atoms with Crippen LogP contribution in [0.3, 0.4) is 0 Å². The number of hydrogen-bond donors (Lipinski definition) is 1. The molecule has 3 heterocycles. The molecule has 0 aliphatic carbocycles. The van der Waals surface area contributed by atoms with Crippen molar-refractivity contribution in [3.05, 3.63) is 36.3 Å². The Morgan fingerprint density at radius 1 is 1.28 bits per heavy atom. The van der Waals surface area contributed by atoms with Gasteiger partial charge in [-0.05, 0) is 18.1 Å². The molecule has 7 nitrogen and oxygen atoms in total. The lowest BCUT2D eigenvalue weighted by molar-refractivity contribution is 0.00673. The Morgan fingerprint density at radius 2 is 1.96 bits per heavy atom. The molecule has 1 aliphatic heterocycles. The van der Waals surface area contributed by atoms with E-state index >= 15 is 0 Å². The Hall–Kier alpha value is -2.12. The Kier molecular flexibility index (Phi) is 5.55. The first-order chi connectivity index (χ1) is 12.1. The SMILES string of the molecule is CC(C)[C@H](CNC(=O)c1cnn(C)c1-n1cccc1)N1CCOCC1. The maximum atomic E-state index is 12.8. The fraction of sp³-hybridized carbons (Fsp3) is 0.556. The average molecular weight is 345 g/mol. The predicted molar refractivity (Wildman–Crippen MR) is 95.9 cm³/mol. The number of nitrogens with zero attached hydrogens (tertiary/aromatic N) is 4. The quantitative estimate of drug-likeness (QED) is 0.857. The smallest absolute Gasteiger partial charge is 0.256 e. The zero-order chi connectivity index (χ0) is 17.8. The first-order valence-electron chi connectivity index (χ1n) is 8.83. The highest BCUT2D eigenvalue weighted by Crippen LogP contribution is 2.15. The van der Waals surface area contributed by atoms with Gasteiger partial charge in [-0.25, -0.2) is 0 Å². The van der Waals surface area contributed by atoms with E-state index in [1.165, 1.54) is 0 Å². The maximum absolute atomic E-state index is 12.8. The molecule has 7 heteroatoms. The van der Waals surface area contributed by atoms with Gasteiger partial charge >= 0.3 is 0 Å². The molecule has 1 aliphatic rings. The van der Waals surface area contributed by atoms with Crippen molar-refractivity contribution in [1.29, 1.82) is 0 Å². The number of amides is 1. The molecule has 0 spiro atoms. The predicted octanol–water partition coefficient (Wildman–Crippen LogP) is 1.30.